The predicted octanol–water partition coefficient (Wildman–Crippen LogP) is 4.06. The Morgan fingerprint density at radius 3 is 1.21 bits per heavy atom. The Bertz CT molecular complexity index is 733. The minimum Gasteiger partial charge on any atom is -0.0961 e. The first-order valence-electron chi connectivity index (χ1n) is 8.58. The first kappa shape index (κ1) is 16.7. The van der Waals surface area contributed by atoms with E-state index in [1.807, 2.05) is 0 Å². The van der Waals surface area contributed by atoms with Crippen molar-refractivity contribution in [3.8, 4) is 0 Å². The summed E-state index contributed by atoms with van der Waals surface area (Å²) in [6.45, 7) is 4.25. The zero-order chi connectivity index (χ0) is 16.8. The van der Waals surface area contributed by atoms with Crippen molar-refractivity contribution in [2.75, 3.05) is 0 Å². The van der Waals surface area contributed by atoms with Crippen molar-refractivity contribution in [3.63, 3.8) is 0 Å². The van der Waals surface area contributed by atoms with E-state index < -0.39 is 0 Å². The number of hydrogen-bond acceptors (Lipinski definition) is 0. The second-order valence-electron chi connectivity index (χ2n) is 6.38. The molecule has 2 aliphatic rings. The van der Waals surface area contributed by atoms with Crippen molar-refractivity contribution in [1.29, 1.82) is 0 Å². The second kappa shape index (κ2) is 8.09. The highest BCUT2D eigenvalue weighted by Gasteiger charge is 2.02. The van der Waals surface area contributed by atoms with Crippen molar-refractivity contribution in [2.24, 2.45) is 0 Å². The number of aryl methyl sites for hydroxylation is 2. The van der Waals surface area contributed by atoms with Crippen LogP contribution in [-0.4, -0.2) is 19.0 Å². The average molecular weight is 345 g/mol. The molecule has 24 heavy (non-hydrogen) atoms. The van der Waals surface area contributed by atoms with E-state index in [1.54, 1.807) is 10.4 Å². The third-order valence-electron chi connectivity index (χ3n) is 4.39. The first-order valence-corrected chi connectivity index (χ1v) is 11.6. The van der Waals surface area contributed by atoms with E-state index in [2.05, 4.69) is 98.1 Å². The molecule has 0 aliphatic carbocycles. The Labute approximate surface area is 150 Å². The molecule has 2 heterocycles. The molecule has 0 fully saturated rings. The Morgan fingerprint density at radius 1 is 0.542 bits per heavy atom. The molecule has 0 amide bonds. The van der Waals surface area contributed by atoms with E-state index in [4.69, 9.17) is 0 Å². The van der Waals surface area contributed by atoms with Crippen LogP contribution in [-0.2, 0) is 0 Å². The van der Waals surface area contributed by atoms with Crippen LogP contribution >= 0.6 is 0 Å². The quantitative estimate of drug-likeness (QED) is 0.721. The smallest absolute Gasteiger partial charge is 0.0791 e. The molecule has 0 N–H and O–H groups in total. The van der Waals surface area contributed by atoms with E-state index in [1.165, 1.54) is 22.3 Å². The summed E-state index contributed by atoms with van der Waals surface area (Å²) in [6.07, 6.45) is 8.86. The zero-order valence-electron chi connectivity index (χ0n) is 14.5. The molecule has 0 bridgehead atoms. The van der Waals surface area contributed by atoms with Gasteiger partial charge in [0.15, 0.2) is 0 Å². The number of allylic oxidation sites excluding steroid dienone is 4. The molecule has 0 spiro atoms. The van der Waals surface area contributed by atoms with Crippen molar-refractivity contribution in [2.45, 2.75) is 13.8 Å². The van der Waals surface area contributed by atoms with Gasteiger partial charge in [-0.3, -0.25) is 0 Å². The molecule has 0 saturated heterocycles. The van der Waals surface area contributed by atoms with Crippen LogP contribution in [0.4, 0.5) is 0 Å². The van der Waals surface area contributed by atoms with Crippen LogP contribution in [0.5, 0.6) is 0 Å². The van der Waals surface area contributed by atoms with Crippen molar-refractivity contribution in [1.82, 2.24) is 0 Å². The molecule has 0 aromatic heterocycles. The van der Waals surface area contributed by atoms with Gasteiger partial charge in [-0.05, 0) is 25.0 Å². The van der Waals surface area contributed by atoms with Gasteiger partial charge in [-0.25, -0.2) is 0 Å². The topological polar surface area (TPSA) is 0 Å². The molecule has 0 nitrogen and oxygen atoms in total. The molecule has 120 valence electrons. The third-order valence-corrected chi connectivity index (χ3v) is 7.57. The van der Waals surface area contributed by atoms with E-state index in [-0.39, 0.29) is 19.0 Å². The standard InChI is InChI=1S/2C11H12Si/c2*1-9-4-6-10(7-5-9)11-3-2-8-12-11/h2*2-8H,12H2,1H3. The summed E-state index contributed by atoms with van der Waals surface area (Å²) >= 11 is 0. The van der Waals surface area contributed by atoms with Gasteiger partial charge in [0.1, 0.15) is 0 Å². The molecular weight excluding hydrogens is 320 g/mol. The van der Waals surface area contributed by atoms with Crippen LogP contribution in [0.15, 0.2) is 84.2 Å². The fourth-order valence-corrected chi connectivity index (χ4v) is 5.40. The molecule has 2 aromatic carbocycles. The normalized spacial score (nSPS) is 16.9. The van der Waals surface area contributed by atoms with Crippen LogP contribution in [0.1, 0.15) is 22.3 Å². The molecule has 0 radical (unpaired) electrons. The maximum Gasteiger partial charge on any atom is 0.0791 e. The summed E-state index contributed by atoms with van der Waals surface area (Å²) < 4.78 is 0. The molecule has 2 aromatic rings. The van der Waals surface area contributed by atoms with Crippen molar-refractivity contribution < 1.29 is 0 Å². The second-order valence-corrected chi connectivity index (χ2v) is 9.66. The van der Waals surface area contributed by atoms with Crippen LogP contribution < -0.4 is 0 Å². The molecule has 2 aliphatic heterocycles. The van der Waals surface area contributed by atoms with Crippen LogP contribution in [0, 0.1) is 13.8 Å². The minimum absolute atomic E-state index is 0.0728. The van der Waals surface area contributed by atoms with Crippen LogP contribution in [0.3, 0.4) is 0 Å². The Kier molecular flexibility index (Phi) is 5.62. The van der Waals surface area contributed by atoms with E-state index in [0.29, 0.717) is 0 Å². The van der Waals surface area contributed by atoms with Gasteiger partial charge in [-0.2, -0.15) is 0 Å². The minimum atomic E-state index is -0.0728. The zero-order valence-corrected chi connectivity index (χ0v) is 17.3. The lowest BCUT2D eigenvalue weighted by molar-refractivity contribution is 1.46. The van der Waals surface area contributed by atoms with Gasteiger partial charge in [0.2, 0.25) is 0 Å². The molecular formula is C22H24Si2. The Balaban J connectivity index is 0.000000141. The SMILES string of the molecule is Cc1ccc(C2=CC=C[SiH2]2)cc1.Cc1ccc(C2=CC=C[SiH2]2)cc1. The molecule has 2 heteroatoms. The highest BCUT2D eigenvalue weighted by molar-refractivity contribution is 6.67. The van der Waals surface area contributed by atoms with Gasteiger partial charge in [0.05, 0.1) is 19.0 Å². The highest BCUT2D eigenvalue weighted by Crippen LogP contribution is 2.18. The maximum atomic E-state index is 2.33. The Morgan fingerprint density at radius 2 is 0.917 bits per heavy atom. The van der Waals surface area contributed by atoms with Crippen molar-refractivity contribution in [3.05, 3.63) is 106 Å². The number of rotatable bonds is 2. The number of hydrogen-bond donors (Lipinski definition) is 0. The molecule has 0 atom stereocenters. The Hall–Kier alpha value is -2.17. The van der Waals surface area contributed by atoms with E-state index in [9.17, 15) is 0 Å². The van der Waals surface area contributed by atoms with Gasteiger partial charge in [0.25, 0.3) is 0 Å². The van der Waals surface area contributed by atoms with E-state index >= 15 is 0 Å². The van der Waals surface area contributed by atoms with Crippen molar-refractivity contribution >= 4 is 29.4 Å². The lowest BCUT2D eigenvalue weighted by atomic mass is 10.1. The van der Waals surface area contributed by atoms with Crippen LogP contribution in [0.25, 0.3) is 10.4 Å². The fraction of sp³-hybridized carbons (Fsp3) is 0.0909. The third kappa shape index (κ3) is 4.43. The summed E-state index contributed by atoms with van der Waals surface area (Å²) in [4.78, 5) is 0. The maximum absolute atomic E-state index is 2.33. The molecule has 0 unspecified atom stereocenters. The predicted molar refractivity (Wildman–Crippen MR) is 114 cm³/mol. The lowest BCUT2D eigenvalue weighted by Crippen LogP contribution is -1.88. The molecule has 4 rings (SSSR count). The van der Waals surface area contributed by atoms with Gasteiger partial charge in [-0.15, -0.1) is 0 Å². The van der Waals surface area contributed by atoms with E-state index in [0.717, 1.165) is 0 Å². The monoisotopic (exact) mass is 344 g/mol. The highest BCUT2D eigenvalue weighted by atomic mass is 28.2. The fourth-order valence-electron chi connectivity index (χ4n) is 2.86. The van der Waals surface area contributed by atoms with Gasteiger partial charge >= 0.3 is 0 Å². The summed E-state index contributed by atoms with van der Waals surface area (Å²) in [5.74, 6) is 0. The first-order chi connectivity index (χ1) is 11.7. The van der Waals surface area contributed by atoms with Gasteiger partial charge < -0.3 is 0 Å². The lowest BCUT2D eigenvalue weighted by Gasteiger charge is -2.01. The van der Waals surface area contributed by atoms with Gasteiger partial charge in [-0.1, -0.05) is 106 Å². The van der Waals surface area contributed by atoms with Crippen LogP contribution in [0.2, 0.25) is 0 Å². The summed E-state index contributed by atoms with van der Waals surface area (Å²) in [5.41, 5.74) is 10.2. The van der Waals surface area contributed by atoms with Gasteiger partial charge in [0, 0.05) is 0 Å². The summed E-state index contributed by atoms with van der Waals surface area (Å²) in [6, 6.07) is 17.6. The summed E-state index contributed by atoms with van der Waals surface area (Å²) in [5, 5.41) is 3.13. The average Bonchev–Trinajstić information content (AvgIpc) is 3.31. The summed E-state index contributed by atoms with van der Waals surface area (Å²) in [7, 11) is -0.146. The molecule has 0 saturated carbocycles. The largest absolute Gasteiger partial charge is 0.0961 e. The number of benzene rings is 2.